The molecule has 1 aromatic heterocycles. The minimum atomic E-state index is 0.627. The fraction of sp³-hybridized carbons (Fsp3) is 0. The Morgan fingerprint density at radius 2 is 2.19 bits per heavy atom. The van der Waals surface area contributed by atoms with Crippen molar-refractivity contribution >= 4 is 39.2 Å². The van der Waals surface area contributed by atoms with Crippen molar-refractivity contribution in [3.8, 4) is 6.07 Å². The third kappa shape index (κ3) is 2.78. The van der Waals surface area contributed by atoms with Crippen LogP contribution in [-0.4, -0.2) is 6.21 Å². The number of benzene rings is 1. The molecule has 2 rings (SSSR count). The smallest absolute Gasteiger partial charge is 0.0992 e. The molecule has 0 N–H and O–H groups in total. The molecule has 16 heavy (non-hydrogen) atoms. The predicted molar refractivity (Wildman–Crippen MR) is 70.4 cm³/mol. The standard InChI is InChI=1S/C12H7BrN2S/c13-12-5-4-11(16-12)8-15-10-3-1-2-9(6-10)7-14/h1-6,8H. The van der Waals surface area contributed by atoms with Crippen molar-refractivity contribution in [3.63, 3.8) is 0 Å². The van der Waals surface area contributed by atoms with Crippen LogP contribution < -0.4 is 0 Å². The summed E-state index contributed by atoms with van der Waals surface area (Å²) in [6.45, 7) is 0. The topological polar surface area (TPSA) is 36.1 Å². The Hall–Kier alpha value is -1.44. The fourth-order valence-corrected chi connectivity index (χ4v) is 2.49. The van der Waals surface area contributed by atoms with Crippen LogP contribution in [0.1, 0.15) is 10.4 Å². The molecule has 0 unspecified atom stereocenters. The van der Waals surface area contributed by atoms with Crippen LogP contribution in [0.5, 0.6) is 0 Å². The van der Waals surface area contributed by atoms with Gasteiger partial charge in [-0.05, 0) is 46.3 Å². The fourth-order valence-electron chi connectivity index (χ4n) is 1.19. The van der Waals surface area contributed by atoms with Crippen molar-refractivity contribution in [2.75, 3.05) is 0 Å². The second-order valence-corrected chi connectivity index (χ2v) is 5.56. The van der Waals surface area contributed by atoms with Gasteiger partial charge in [0.25, 0.3) is 0 Å². The van der Waals surface area contributed by atoms with Gasteiger partial charge >= 0.3 is 0 Å². The van der Waals surface area contributed by atoms with Gasteiger partial charge in [-0.2, -0.15) is 5.26 Å². The van der Waals surface area contributed by atoms with E-state index in [1.54, 1.807) is 29.7 Å². The van der Waals surface area contributed by atoms with Crippen LogP contribution in [0, 0.1) is 11.3 Å². The van der Waals surface area contributed by atoms with E-state index >= 15 is 0 Å². The Bertz CT molecular complexity index is 566. The molecule has 0 radical (unpaired) electrons. The van der Waals surface area contributed by atoms with Crippen molar-refractivity contribution in [3.05, 3.63) is 50.6 Å². The van der Waals surface area contributed by atoms with Gasteiger partial charge < -0.3 is 0 Å². The predicted octanol–water partition coefficient (Wildman–Crippen LogP) is 4.13. The normalized spacial score (nSPS) is 10.5. The average Bonchev–Trinajstić information content (AvgIpc) is 2.73. The number of halogens is 1. The van der Waals surface area contributed by atoms with Gasteiger partial charge in [0.1, 0.15) is 0 Å². The number of hydrogen-bond donors (Lipinski definition) is 0. The van der Waals surface area contributed by atoms with E-state index in [-0.39, 0.29) is 0 Å². The summed E-state index contributed by atoms with van der Waals surface area (Å²) in [5, 5.41) is 8.74. The van der Waals surface area contributed by atoms with Gasteiger partial charge in [0, 0.05) is 11.1 Å². The molecule has 78 valence electrons. The zero-order chi connectivity index (χ0) is 11.4. The minimum Gasteiger partial charge on any atom is -0.255 e. The summed E-state index contributed by atoms with van der Waals surface area (Å²) in [6.07, 6.45) is 1.80. The first-order valence-corrected chi connectivity index (χ1v) is 6.18. The van der Waals surface area contributed by atoms with Crippen LogP contribution >= 0.6 is 27.3 Å². The minimum absolute atomic E-state index is 0.627. The quantitative estimate of drug-likeness (QED) is 0.766. The van der Waals surface area contributed by atoms with Crippen LogP contribution in [0.25, 0.3) is 0 Å². The summed E-state index contributed by atoms with van der Waals surface area (Å²) in [4.78, 5) is 5.39. The highest BCUT2D eigenvalue weighted by Gasteiger charge is 1.94. The zero-order valence-corrected chi connectivity index (χ0v) is 10.6. The monoisotopic (exact) mass is 290 g/mol. The molecule has 0 aliphatic rings. The van der Waals surface area contributed by atoms with Gasteiger partial charge in [0.15, 0.2) is 0 Å². The van der Waals surface area contributed by atoms with Gasteiger partial charge in [0.2, 0.25) is 0 Å². The van der Waals surface area contributed by atoms with E-state index < -0.39 is 0 Å². The van der Waals surface area contributed by atoms with E-state index in [4.69, 9.17) is 5.26 Å². The third-order valence-electron chi connectivity index (χ3n) is 1.91. The molecule has 4 heteroatoms. The Labute approximate surface area is 106 Å². The molecule has 0 saturated heterocycles. The molecule has 0 amide bonds. The lowest BCUT2D eigenvalue weighted by Crippen LogP contribution is -1.74. The maximum atomic E-state index is 8.74. The van der Waals surface area contributed by atoms with Crippen molar-refractivity contribution in [2.24, 2.45) is 4.99 Å². The Balaban J connectivity index is 2.21. The Kier molecular flexibility index (Phi) is 3.50. The van der Waals surface area contributed by atoms with E-state index in [0.717, 1.165) is 14.4 Å². The molecule has 0 atom stereocenters. The lowest BCUT2D eigenvalue weighted by atomic mass is 10.2. The number of nitrogens with zero attached hydrogens (tertiary/aromatic N) is 2. The molecular weight excluding hydrogens is 284 g/mol. The second-order valence-electron chi connectivity index (χ2n) is 3.06. The van der Waals surface area contributed by atoms with Crippen molar-refractivity contribution in [1.29, 1.82) is 5.26 Å². The number of hydrogen-bond acceptors (Lipinski definition) is 3. The molecule has 0 saturated carbocycles. The third-order valence-corrected chi connectivity index (χ3v) is 3.47. The van der Waals surface area contributed by atoms with Crippen LogP contribution in [0.4, 0.5) is 5.69 Å². The van der Waals surface area contributed by atoms with Gasteiger partial charge in [0.05, 0.1) is 21.1 Å². The molecule has 0 bridgehead atoms. The van der Waals surface area contributed by atoms with Crippen LogP contribution in [0.3, 0.4) is 0 Å². The summed E-state index contributed by atoms with van der Waals surface area (Å²) in [7, 11) is 0. The van der Waals surface area contributed by atoms with Gasteiger partial charge in [-0.1, -0.05) is 6.07 Å². The number of thiophene rings is 1. The largest absolute Gasteiger partial charge is 0.255 e. The molecule has 1 aromatic carbocycles. The number of rotatable bonds is 2. The molecule has 2 aromatic rings. The molecule has 0 aliphatic carbocycles. The summed E-state index contributed by atoms with van der Waals surface area (Å²) in [5.41, 5.74) is 1.42. The zero-order valence-electron chi connectivity index (χ0n) is 8.22. The first-order chi connectivity index (χ1) is 7.78. The molecule has 1 heterocycles. The SMILES string of the molecule is N#Cc1cccc(N=Cc2ccc(Br)s2)c1. The number of nitriles is 1. The van der Waals surface area contributed by atoms with Crippen molar-refractivity contribution in [2.45, 2.75) is 0 Å². The first-order valence-electron chi connectivity index (χ1n) is 4.57. The average molecular weight is 291 g/mol. The number of aliphatic imine (C=N–C) groups is 1. The molecular formula is C12H7BrN2S. The maximum absolute atomic E-state index is 8.74. The highest BCUT2D eigenvalue weighted by atomic mass is 79.9. The lowest BCUT2D eigenvalue weighted by Gasteiger charge is -1.92. The van der Waals surface area contributed by atoms with Crippen LogP contribution in [-0.2, 0) is 0 Å². The van der Waals surface area contributed by atoms with Gasteiger partial charge in [-0.15, -0.1) is 11.3 Å². The van der Waals surface area contributed by atoms with Crippen molar-refractivity contribution < 1.29 is 0 Å². The summed E-state index contributed by atoms with van der Waals surface area (Å²) < 4.78 is 1.08. The molecule has 0 spiro atoms. The van der Waals surface area contributed by atoms with Crippen LogP contribution in [0.2, 0.25) is 0 Å². The first kappa shape index (κ1) is 11.1. The van der Waals surface area contributed by atoms with E-state index in [2.05, 4.69) is 27.0 Å². The summed E-state index contributed by atoms with van der Waals surface area (Å²) in [5.74, 6) is 0. The summed E-state index contributed by atoms with van der Waals surface area (Å²) in [6, 6.07) is 13.3. The lowest BCUT2D eigenvalue weighted by molar-refractivity contribution is 1.46. The highest BCUT2D eigenvalue weighted by molar-refractivity contribution is 9.11. The van der Waals surface area contributed by atoms with E-state index in [9.17, 15) is 0 Å². The Morgan fingerprint density at radius 1 is 1.31 bits per heavy atom. The van der Waals surface area contributed by atoms with Crippen LogP contribution in [0.15, 0.2) is 45.2 Å². The van der Waals surface area contributed by atoms with E-state index in [0.29, 0.717) is 5.56 Å². The van der Waals surface area contributed by atoms with E-state index in [1.165, 1.54) is 0 Å². The Morgan fingerprint density at radius 3 is 2.88 bits per heavy atom. The van der Waals surface area contributed by atoms with Gasteiger partial charge in [-0.3, -0.25) is 4.99 Å². The maximum Gasteiger partial charge on any atom is 0.0992 e. The molecule has 2 nitrogen and oxygen atoms in total. The van der Waals surface area contributed by atoms with Gasteiger partial charge in [-0.25, -0.2) is 0 Å². The molecule has 0 fully saturated rings. The van der Waals surface area contributed by atoms with E-state index in [1.807, 2.05) is 24.3 Å². The summed E-state index contributed by atoms with van der Waals surface area (Å²) >= 11 is 5.01. The van der Waals surface area contributed by atoms with Crippen molar-refractivity contribution in [1.82, 2.24) is 0 Å². The second kappa shape index (κ2) is 5.06. The highest BCUT2D eigenvalue weighted by Crippen LogP contribution is 2.21. The molecule has 0 aliphatic heterocycles.